The lowest BCUT2D eigenvalue weighted by Crippen LogP contribution is -2.53. The molecule has 6 heteroatoms. The Balaban J connectivity index is 1.91. The Kier molecular flexibility index (Phi) is 11.0. The summed E-state index contributed by atoms with van der Waals surface area (Å²) in [6, 6.07) is 23.1. The normalized spacial score (nSPS) is 12.6. The van der Waals surface area contributed by atoms with Gasteiger partial charge in [0.25, 0.3) is 5.91 Å². The highest BCUT2D eigenvalue weighted by atomic mass is 79.9. The first-order valence-electron chi connectivity index (χ1n) is 13.3. The maximum absolute atomic E-state index is 13.8. The molecule has 0 bridgehead atoms. The van der Waals surface area contributed by atoms with Gasteiger partial charge in [-0.1, -0.05) is 87.0 Å². The molecule has 0 heterocycles. The fraction of sp³-hybridized carbons (Fsp3) is 0.375. The van der Waals surface area contributed by atoms with Crippen molar-refractivity contribution in [1.29, 1.82) is 0 Å². The van der Waals surface area contributed by atoms with E-state index in [4.69, 9.17) is 4.74 Å². The van der Waals surface area contributed by atoms with E-state index in [1.165, 1.54) is 5.56 Å². The first kappa shape index (κ1) is 29.4. The van der Waals surface area contributed by atoms with E-state index in [1.54, 1.807) is 4.90 Å². The lowest BCUT2D eigenvalue weighted by molar-refractivity contribution is -0.143. The number of ether oxygens (including phenoxy) is 1. The van der Waals surface area contributed by atoms with E-state index in [-0.39, 0.29) is 24.5 Å². The Morgan fingerprint density at radius 1 is 0.947 bits per heavy atom. The lowest BCUT2D eigenvalue weighted by Gasteiger charge is -2.32. The molecule has 0 aromatic heterocycles. The van der Waals surface area contributed by atoms with Crippen LogP contribution in [0.3, 0.4) is 0 Å². The Morgan fingerprint density at radius 3 is 2.29 bits per heavy atom. The summed E-state index contributed by atoms with van der Waals surface area (Å²) in [6.07, 6.45) is 1.21. The van der Waals surface area contributed by atoms with Gasteiger partial charge in [-0.2, -0.15) is 0 Å². The second-order valence-corrected chi connectivity index (χ2v) is 11.0. The van der Waals surface area contributed by atoms with Crippen LogP contribution in [0.5, 0.6) is 5.75 Å². The highest BCUT2D eigenvalue weighted by Crippen LogP contribution is 2.29. The van der Waals surface area contributed by atoms with Gasteiger partial charge >= 0.3 is 0 Å². The summed E-state index contributed by atoms with van der Waals surface area (Å²) in [7, 11) is 0. The Labute approximate surface area is 235 Å². The van der Waals surface area contributed by atoms with Crippen molar-refractivity contribution in [2.75, 3.05) is 6.61 Å². The van der Waals surface area contributed by atoms with E-state index in [0.29, 0.717) is 24.6 Å². The molecule has 0 aliphatic heterocycles. The zero-order chi connectivity index (χ0) is 27.7. The SMILES string of the molecule is CC[C@H](C)NC(=O)[C@H](Cc1ccccc1)N(Cc1cccc(C)c1)C(=O)COc1ccc(C(C)C)cc1Br. The summed E-state index contributed by atoms with van der Waals surface area (Å²) in [5, 5.41) is 3.10. The van der Waals surface area contributed by atoms with Gasteiger partial charge in [-0.05, 0) is 70.9 Å². The molecule has 0 spiro atoms. The van der Waals surface area contributed by atoms with E-state index in [0.717, 1.165) is 27.6 Å². The summed E-state index contributed by atoms with van der Waals surface area (Å²) in [4.78, 5) is 29.0. The highest BCUT2D eigenvalue weighted by molar-refractivity contribution is 9.10. The van der Waals surface area contributed by atoms with Crippen LogP contribution < -0.4 is 10.1 Å². The number of nitrogens with zero attached hydrogens (tertiary/aromatic N) is 1. The van der Waals surface area contributed by atoms with E-state index in [1.807, 2.05) is 87.5 Å². The van der Waals surface area contributed by atoms with Crippen LogP contribution in [0.1, 0.15) is 62.3 Å². The molecule has 0 fully saturated rings. The molecular formula is C32H39BrN2O3. The van der Waals surface area contributed by atoms with Crippen molar-refractivity contribution in [2.24, 2.45) is 0 Å². The topological polar surface area (TPSA) is 58.6 Å². The average molecular weight is 580 g/mol. The van der Waals surface area contributed by atoms with Crippen LogP contribution in [0.2, 0.25) is 0 Å². The monoisotopic (exact) mass is 578 g/mol. The van der Waals surface area contributed by atoms with Crippen LogP contribution in [-0.2, 0) is 22.6 Å². The lowest BCUT2D eigenvalue weighted by atomic mass is 10.0. The number of halogens is 1. The van der Waals surface area contributed by atoms with Gasteiger partial charge in [0.15, 0.2) is 6.61 Å². The molecule has 3 aromatic rings. The van der Waals surface area contributed by atoms with Crippen LogP contribution in [0.15, 0.2) is 77.3 Å². The molecule has 202 valence electrons. The number of carbonyl (C=O) groups excluding carboxylic acids is 2. The minimum atomic E-state index is -0.685. The average Bonchev–Trinajstić information content (AvgIpc) is 2.90. The summed E-state index contributed by atoms with van der Waals surface area (Å²) < 4.78 is 6.79. The summed E-state index contributed by atoms with van der Waals surface area (Å²) >= 11 is 3.58. The molecule has 0 aliphatic carbocycles. The Bertz CT molecular complexity index is 1210. The largest absolute Gasteiger partial charge is 0.483 e. The van der Waals surface area contributed by atoms with Crippen LogP contribution in [0.4, 0.5) is 0 Å². The number of carbonyl (C=O) groups is 2. The van der Waals surface area contributed by atoms with Crippen molar-refractivity contribution in [3.05, 3.63) is 99.5 Å². The predicted molar refractivity (Wildman–Crippen MR) is 157 cm³/mol. The molecule has 0 unspecified atom stereocenters. The number of rotatable bonds is 12. The molecule has 2 atom stereocenters. The van der Waals surface area contributed by atoms with Crippen molar-refractivity contribution in [3.63, 3.8) is 0 Å². The molecule has 0 radical (unpaired) electrons. The van der Waals surface area contributed by atoms with E-state index in [9.17, 15) is 9.59 Å². The number of aryl methyl sites for hydroxylation is 1. The molecule has 0 aliphatic rings. The predicted octanol–water partition coefficient (Wildman–Crippen LogP) is 6.81. The first-order valence-corrected chi connectivity index (χ1v) is 14.1. The zero-order valence-electron chi connectivity index (χ0n) is 23.0. The minimum absolute atomic E-state index is 0.00312. The second-order valence-electron chi connectivity index (χ2n) is 10.2. The van der Waals surface area contributed by atoms with Gasteiger partial charge in [-0.15, -0.1) is 0 Å². The number of hydrogen-bond acceptors (Lipinski definition) is 3. The van der Waals surface area contributed by atoms with Crippen LogP contribution in [0.25, 0.3) is 0 Å². The highest BCUT2D eigenvalue weighted by Gasteiger charge is 2.31. The molecule has 2 amide bonds. The number of benzene rings is 3. The maximum atomic E-state index is 13.8. The molecule has 38 heavy (non-hydrogen) atoms. The van der Waals surface area contributed by atoms with Crippen molar-refractivity contribution < 1.29 is 14.3 Å². The second kappa shape index (κ2) is 14.1. The van der Waals surface area contributed by atoms with Crippen LogP contribution >= 0.6 is 15.9 Å². The van der Waals surface area contributed by atoms with Gasteiger partial charge in [0.1, 0.15) is 11.8 Å². The van der Waals surface area contributed by atoms with Gasteiger partial charge in [0.05, 0.1) is 4.47 Å². The third-order valence-corrected chi connectivity index (χ3v) is 7.30. The number of amides is 2. The molecule has 0 saturated heterocycles. The third-order valence-electron chi connectivity index (χ3n) is 6.68. The van der Waals surface area contributed by atoms with Gasteiger partial charge in [0.2, 0.25) is 5.91 Å². The van der Waals surface area contributed by atoms with Crippen molar-refractivity contribution in [1.82, 2.24) is 10.2 Å². The van der Waals surface area contributed by atoms with Crippen LogP contribution in [-0.4, -0.2) is 35.4 Å². The van der Waals surface area contributed by atoms with Crippen molar-refractivity contribution in [2.45, 2.75) is 72.0 Å². The molecule has 0 saturated carbocycles. The van der Waals surface area contributed by atoms with Crippen LogP contribution in [0, 0.1) is 6.92 Å². The third kappa shape index (κ3) is 8.45. The van der Waals surface area contributed by atoms with Gasteiger partial charge in [0, 0.05) is 19.0 Å². The van der Waals surface area contributed by atoms with Crippen molar-refractivity contribution in [3.8, 4) is 5.75 Å². The maximum Gasteiger partial charge on any atom is 0.261 e. The van der Waals surface area contributed by atoms with Crippen molar-refractivity contribution >= 4 is 27.7 Å². The molecule has 5 nitrogen and oxygen atoms in total. The molecular weight excluding hydrogens is 540 g/mol. The smallest absolute Gasteiger partial charge is 0.261 e. The van der Waals surface area contributed by atoms with E-state index in [2.05, 4.69) is 41.2 Å². The van der Waals surface area contributed by atoms with E-state index >= 15 is 0 Å². The zero-order valence-corrected chi connectivity index (χ0v) is 24.6. The van der Waals surface area contributed by atoms with Gasteiger partial charge < -0.3 is 15.0 Å². The fourth-order valence-corrected chi connectivity index (χ4v) is 4.73. The molecule has 3 aromatic carbocycles. The standard InChI is InChI=1S/C32H39BrN2O3/c1-6-24(5)34-32(37)29(18-25-12-8-7-9-13-25)35(20-26-14-10-11-23(4)17-26)31(36)21-38-30-16-15-27(22(2)3)19-28(30)33/h7-17,19,22,24,29H,6,18,20-21H2,1-5H3,(H,34,37)/t24-,29-/m0/s1. The first-order chi connectivity index (χ1) is 18.2. The fourth-order valence-electron chi connectivity index (χ4n) is 4.22. The summed E-state index contributed by atoms with van der Waals surface area (Å²) in [5.41, 5.74) is 4.24. The summed E-state index contributed by atoms with van der Waals surface area (Å²) in [5.74, 6) is 0.578. The summed E-state index contributed by atoms with van der Waals surface area (Å²) in [6.45, 7) is 10.4. The number of nitrogens with one attached hydrogen (secondary N) is 1. The Hall–Kier alpha value is -3.12. The van der Waals surface area contributed by atoms with Gasteiger partial charge in [-0.3, -0.25) is 9.59 Å². The Morgan fingerprint density at radius 2 is 1.66 bits per heavy atom. The minimum Gasteiger partial charge on any atom is -0.483 e. The quantitative estimate of drug-likeness (QED) is 0.256. The molecule has 3 rings (SSSR count). The van der Waals surface area contributed by atoms with E-state index < -0.39 is 6.04 Å². The van der Waals surface area contributed by atoms with Gasteiger partial charge in [-0.25, -0.2) is 0 Å². The molecule has 1 N–H and O–H groups in total. The number of hydrogen-bond donors (Lipinski definition) is 1.